The largest absolute Gasteiger partial charge is 0.344 e. The minimum Gasteiger partial charge on any atom is -0.344 e. The highest BCUT2D eigenvalue weighted by Gasteiger charge is 1.98. The molecular weight excluding hydrogens is 134 g/mol. The fourth-order valence-corrected chi connectivity index (χ4v) is 0.258. The van der Waals surface area contributed by atoms with Gasteiger partial charge in [-0.1, -0.05) is 0 Å². The minimum absolute atomic E-state index is 0. The van der Waals surface area contributed by atoms with E-state index in [2.05, 4.69) is 0 Å². The number of carbonyl (C=O) groups excluding carboxylic acids is 1. The number of hydrogen-bond acceptors (Lipinski definition) is 4. The lowest BCUT2D eigenvalue weighted by atomic mass is 10.9. The number of rotatable bonds is 2. The van der Waals surface area contributed by atoms with E-state index in [1.807, 2.05) is 0 Å². The van der Waals surface area contributed by atoms with Crippen LogP contribution in [0, 0.1) is 0 Å². The summed E-state index contributed by atoms with van der Waals surface area (Å²) in [4.78, 5) is 9.28. The third-order valence-corrected chi connectivity index (χ3v) is 0.836. The van der Waals surface area contributed by atoms with Gasteiger partial charge in [-0.05, 0) is 0 Å². The van der Waals surface area contributed by atoms with Gasteiger partial charge in [-0.2, -0.15) is 8.42 Å². The van der Waals surface area contributed by atoms with E-state index in [0.29, 0.717) is 0 Å². The van der Waals surface area contributed by atoms with Gasteiger partial charge in [0.15, 0.2) is 0 Å². The predicted molar refractivity (Wildman–Crippen MR) is 27.5 cm³/mol. The molecule has 0 aliphatic heterocycles. The van der Waals surface area contributed by atoms with Crippen molar-refractivity contribution in [3.8, 4) is 0 Å². The van der Waals surface area contributed by atoms with Gasteiger partial charge in [0.2, 0.25) is 0 Å². The maximum Gasteiger partial charge on any atom is 0.271 e. The van der Waals surface area contributed by atoms with Gasteiger partial charge < -0.3 is 10.9 Å². The molecule has 0 saturated heterocycles. The van der Waals surface area contributed by atoms with Gasteiger partial charge in [-0.25, -0.2) is 0 Å². The van der Waals surface area contributed by atoms with Gasteiger partial charge in [-0.15, -0.1) is 0 Å². The maximum atomic E-state index is 9.56. The van der Waals surface area contributed by atoms with Crippen molar-refractivity contribution in [3.05, 3.63) is 0 Å². The highest BCUT2D eigenvalue weighted by molar-refractivity contribution is 7.86. The van der Waals surface area contributed by atoms with Crippen molar-refractivity contribution >= 4 is 16.4 Å². The summed E-state index contributed by atoms with van der Waals surface area (Å²) >= 11 is 0. The smallest absolute Gasteiger partial charge is 0.271 e. The summed E-state index contributed by atoms with van der Waals surface area (Å²) in [5.41, 5.74) is 0. The van der Waals surface area contributed by atoms with Crippen LogP contribution in [-0.2, 0) is 14.9 Å². The van der Waals surface area contributed by atoms with E-state index in [9.17, 15) is 13.2 Å². The van der Waals surface area contributed by atoms with Crippen molar-refractivity contribution in [2.24, 2.45) is 0 Å². The maximum absolute atomic E-state index is 9.56. The zero-order chi connectivity index (χ0) is 5.91. The van der Waals surface area contributed by atoms with Crippen LogP contribution in [0.3, 0.4) is 0 Å². The lowest BCUT2D eigenvalue weighted by Crippen LogP contribution is -2.03. The van der Waals surface area contributed by atoms with E-state index in [0.717, 1.165) is 0 Å². The number of aldehydes is 1. The molecule has 0 radical (unpaired) electrons. The predicted octanol–water partition coefficient (Wildman–Crippen LogP) is -0.765. The van der Waals surface area contributed by atoms with Crippen LogP contribution in [0.5, 0.6) is 0 Å². The van der Waals surface area contributed by atoms with E-state index in [-0.39, 0.29) is 12.4 Å². The van der Waals surface area contributed by atoms with Crippen molar-refractivity contribution < 1.29 is 17.8 Å². The zero-order valence-electron chi connectivity index (χ0n) is 4.07. The second-order valence-corrected chi connectivity index (χ2v) is 2.41. The van der Waals surface area contributed by atoms with E-state index in [1.54, 1.807) is 0 Å². The second-order valence-electron chi connectivity index (χ2n) is 0.915. The molecule has 0 amide bonds. The quantitative estimate of drug-likeness (QED) is 0.388. The zero-order valence-corrected chi connectivity index (χ0v) is 4.89. The molecule has 5 nitrogen and oxygen atoms in total. The first-order valence-corrected chi connectivity index (χ1v) is 3.06. The summed E-state index contributed by atoms with van der Waals surface area (Å²) in [6, 6.07) is 0. The molecule has 0 rings (SSSR count). The Morgan fingerprint density at radius 3 is 1.88 bits per heavy atom. The number of hydrogen-bond donors (Lipinski definition) is 2. The van der Waals surface area contributed by atoms with Crippen LogP contribution in [0.25, 0.3) is 0 Å². The van der Waals surface area contributed by atoms with Crippen LogP contribution in [0.2, 0.25) is 0 Å². The van der Waals surface area contributed by atoms with Gasteiger partial charge >= 0.3 is 0 Å². The SMILES string of the molecule is N.O=CCS(=O)(=O)O. The van der Waals surface area contributed by atoms with E-state index in [1.165, 1.54) is 0 Å². The Balaban J connectivity index is 0. The van der Waals surface area contributed by atoms with Gasteiger partial charge in [0, 0.05) is 0 Å². The molecule has 4 N–H and O–H groups in total. The van der Waals surface area contributed by atoms with Crippen molar-refractivity contribution in [3.63, 3.8) is 0 Å². The first kappa shape index (κ1) is 10.5. The molecular formula is C2H7NO4S. The summed E-state index contributed by atoms with van der Waals surface area (Å²) in [6.45, 7) is 0. The lowest BCUT2D eigenvalue weighted by Gasteiger charge is -1.79. The highest BCUT2D eigenvalue weighted by Crippen LogP contribution is 1.72. The molecule has 0 saturated carbocycles. The van der Waals surface area contributed by atoms with Crippen molar-refractivity contribution in [1.82, 2.24) is 6.15 Å². The molecule has 0 atom stereocenters. The fraction of sp³-hybridized carbons (Fsp3) is 0.500. The fourth-order valence-electron chi connectivity index (χ4n) is 0.0860. The van der Waals surface area contributed by atoms with Gasteiger partial charge in [0.25, 0.3) is 10.1 Å². The second kappa shape index (κ2) is 3.53. The van der Waals surface area contributed by atoms with Crippen LogP contribution in [0.4, 0.5) is 0 Å². The van der Waals surface area contributed by atoms with Crippen LogP contribution in [0.1, 0.15) is 0 Å². The molecule has 0 aromatic rings. The standard InChI is InChI=1S/C2H4O4S.H3N/c3-1-2-7(4,5)6;/h1H,2H2,(H,4,5,6);1H3. The highest BCUT2D eigenvalue weighted by atomic mass is 32.2. The summed E-state index contributed by atoms with van der Waals surface area (Å²) in [5.74, 6) is -0.812. The first-order valence-electron chi connectivity index (χ1n) is 1.45. The molecule has 0 aliphatic rings. The van der Waals surface area contributed by atoms with Crippen LogP contribution in [-0.4, -0.2) is 25.0 Å². The van der Waals surface area contributed by atoms with Crippen molar-refractivity contribution in [1.29, 1.82) is 0 Å². The Bertz CT molecular complexity index is 147. The molecule has 0 aromatic heterocycles. The monoisotopic (exact) mass is 141 g/mol. The molecule has 0 bridgehead atoms. The lowest BCUT2D eigenvalue weighted by molar-refractivity contribution is -0.105. The van der Waals surface area contributed by atoms with Crippen LogP contribution >= 0.6 is 0 Å². The molecule has 0 fully saturated rings. The summed E-state index contributed by atoms with van der Waals surface area (Å²) in [5, 5.41) is 0. The van der Waals surface area contributed by atoms with E-state index < -0.39 is 15.9 Å². The van der Waals surface area contributed by atoms with Crippen LogP contribution < -0.4 is 6.15 Å². The molecule has 0 unspecified atom stereocenters. The topological polar surface area (TPSA) is 106 Å². The average Bonchev–Trinajstić information content (AvgIpc) is 1.30. The normalized spacial score (nSPS) is 9.62. The Hall–Kier alpha value is -0.460. The van der Waals surface area contributed by atoms with E-state index >= 15 is 0 Å². The molecule has 0 aliphatic carbocycles. The third-order valence-electron chi connectivity index (χ3n) is 0.279. The Morgan fingerprint density at radius 2 is 1.88 bits per heavy atom. The molecule has 0 heterocycles. The van der Waals surface area contributed by atoms with Crippen molar-refractivity contribution in [2.75, 3.05) is 5.75 Å². The van der Waals surface area contributed by atoms with Gasteiger partial charge in [-0.3, -0.25) is 4.55 Å². The summed E-state index contributed by atoms with van der Waals surface area (Å²) in [7, 11) is -4.04. The summed E-state index contributed by atoms with van der Waals surface area (Å²) in [6.07, 6.45) is 0.120. The number of carbonyl (C=O) groups is 1. The Labute approximate surface area is 47.0 Å². The molecule has 0 aromatic carbocycles. The Morgan fingerprint density at radius 1 is 1.50 bits per heavy atom. The summed E-state index contributed by atoms with van der Waals surface area (Å²) < 4.78 is 26.9. The van der Waals surface area contributed by atoms with Gasteiger partial charge in [0.05, 0.1) is 0 Å². The molecule has 0 spiro atoms. The van der Waals surface area contributed by atoms with Crippen molar-refractivity contribution in [2.45, 2.75) is 0 Å². The Kier molecular flexibility index (Phi) is 4.64. The van der Waals surface area contributed by atoms with Gasteiger partial charge in [0.1, 0.15) is 12.0 Å². The molecule has 6 heteroatoms. The average molecular weight is 141 g/mol. The third kappa shape index (κ3) is 9.11. The first-order chi connectivity index (χ1) is 3.06. The minimum atomic E-state index is -4.04. The van der Waals surface area contributed by atoms with E-state index in [4.69, 9.17) is 4.55 Å². The molecule has 8 heavy (non-hydrogen) atoms. The van der Waals surface area contributed by atoms with Crippen LogP contribution in [0.15, 0.2) is 0 Å². The molecule has 50 valence electrons.